The van der Waals surface area contributed by atoms with E-state index in [0.29, 0.717) is 26.2 Å². The maximum Gasteiger partial charge on any atom is 0.0993 e. The summed E-state index contributed by atoms with van der Waals surface area (Å²) in [5.41, 5.74) is -0.434. The highest BCUT2D eigenvalue weighted by molar-refractivity contribution is 5.02. The molecule has 1 aliphatic rings. The zero-order chi connectivity index (χ0) is 11.1. The van der Waals surface area contributed by atoms with Gasteiger partial charge in [0.1, 0.15) is 0 Å². The molecule has 1 rings (SSSR count). The van der Waals surface area contributed by atoms with Gasteiger partial charge in [-0.3, -0.25) is 0 Å². The highest BCUT2D eigenvalue weighted by atomic mass is 16.5. The summed E-state index contributed by atoms with van der Waals surface area (Å²) < 4.78 is 11.0. The average molecular weight is 212 g/mol. The molecule has 1 atom stereocenters. The van der Waals surface area contributed by atoms with Crippen molar-refractivity contribution in [1.82, 2.24) is 0 Å². The van der Waals surface area contributed by atoms with E-state index in [9.17, 15) is 5.11 Å². The number of hydrogen-bond donors (Lipinski definition) is 1. The summed E-state index contributed by atoms with van der Waals surface area (Å²) in [6, 6.07) is 0. The first-order valence-corrected chi connectivity index (χ1v) is 5.54. The van der Waals surface area contributed by atoms with Gasteiger partial charge in [0, 0.05) is 39.1 Å². The van der Waals surface area contributed by atoms with Gasteiger partial charge in [0.05, 0.1) is 11.7 Å². The summed E-state index contributed by atoms with van der Waals surface area (Å²) in [5.74, 6) is 5.71. The monoisotopic (exact) mass is 212 g/mol. The van der Waals surface area contributed by atoms with Gasteiger partial charge >= 0.3 is 0 Å². The predicted octanol–water partition coefficient (Wildman–Crippen LogP) is 1.35. The summed E-state index contributed by atoms with van der Waals surface area (Å²) in [4.78, 5) is 0. The Morgan fingerprint density at radius 2 is 2.13 bits per heavy atom. The van der Waals surface area contributed by atoms with Crippen LogP contribution in [0.3, 0.4) is 0 Å². The minimum atomic E-state index is -0.506. The number of rotatable bonds is 4. The molecule has 1 saturated heterocycles. The molecule has 86 valence electrons. The van der Waals surface area contributed by atoms with Crippen LogP contribution < -0.4 is 0 Å². The van der Waals surface area contributed by atoms with Gasteiger partial charge in [-0.25, -0.2) is 0 Å². The van der Waals surface area contributed by atoms with Crippen LogP contribution in [0.1, 0.15) is 33.1 Å². The molecule has 0 saturated carbocycles. The molecule has 1 fully saturated rings. The lowest BCUT2D eigenvalue weighted by molar-refractivity contribution is -0.164. The normalized spacial score (nSPS) is 21.5. The van der Waals surface area contributed by atoms with E-state index >= 15 is 0 Å². The van der Waals surface area contributed by atoms with E-state index in [1.807, 2.05) is 6.92 Å². The fourth-order valence-corrected chi connectivity index (χ4v) is 1.96. The lowest BCUT2D eigenvalue weighted by atomic mass is 9.86. The minimum absolute atomic E-state index is 0.434. The fraction of sp³-hybridized carbons (Fsp3) is 0.833. The Bertz CT molecular complexity index is 227. The van der Waals surface area contributed by atoms with E-state index in [4.69, 9.17) is 9.47 Å². The van der Waals surface area contributed by atoms with Gasteiger partial charge < -0.3 is 14.6 Å². The molecule has 0 radical (unpaired) electrons. The van der Waals surface area contributed by atoms with E-state index in [0.717, 1.165) is 12.8 Å². The summed E-state index contributed by atoms with van der Waals surface area (Å²) in [7, 11) is 0. The van der Waals surface area contributed by atoms with E-state index in [1.54, 1.807) is 6.92 Å². The van der Waals surface area contributed by atoms with Crippen LogP contribution in [0.5, 0.6) is 0 Å². The molecule has 0 aromatic carbocycles. The molecular formula is C12H20O3. The molecule has 0 aromatic rings. The topological polar surface area (TPSA) is 38.7 Å². The predicted molar refractivity (Wildman–Crippen MR) is 58.5 cm³/mol. The Hall–Kier alpha value is -0.560. The fourth-order valence-electron chi connectivity index (χ4n) is 1.96. The van der Waals surface area contributed by atoms with Crippen LogP contribution in [-0.4, -0.2) is 36.6 Å². The summed E-state index contributed by atoms with van der Waals surface area (Å²) in [5, 5.41) is 10.1. The first kappa shape index (κ1) is 12.5. The molecule has 0 aliphatic carbocycles. The molecule has 0 spiro atoms. The van der Waals surface area contributed by atoms with Crippen molar-refractivity contribution in [3.8, 4) is 11.8 Å². The van der Waals surface area contributed by atoms with Crippen molar-refractivity contribution in [2.75, 3.05) is 19.8 Å². The zero-order valence-electron chi connectivity index (χ0n) is 9.58. The molecule has 1 N–H and O–H groups in total. The minimum Gasteiger partial charge on any atom is -0.389 e. The molecule has 3 heteroatoms. The second kappa shape index (κ2) is 6.12. The van der Waals surface area contributed by atoms with Gasteiger partial charge in [-0.2, -0.15) is 0 Å². The van der Waals surface area contributed by atoms with Gasteiger partial charge in [0.25, 0.3) is 0 Å². The lowest BCUT2D eigenvalue weighted by Gasteiger charge is -2.40. The average Bonchev–Trinajstić information content (AvgIpc) is 2.27. The van der Waals surface area contributed by atoms with Crippen LogP contribution in [0, 0.1) is 11.8 Å². The van der Waals surface area contributed by atoms with Gasteiger partial charge in [-0.05, 0) is 13.8 Å². The Kier molecular flexibility index (Phi) is 5.10. The number of aliphatic hydroxyl groups excluding tert-OH is 1. The van der Waals surface area contributed by atoms with Crippen LogP contribution in [0.2, 0.25) is 0 Å². The molecule has 0 aromatic heterocycles. The third-order valence-electron chi connectivity index (χ3n) is 2.85. The first-order chi connectivity index (χ1) is 7.25. The highest BCUT2D eigenvalue weighted by Gasteiger charge is 2.39. The number of hydrogen-bond acceptors (Lipinski definition) is 3. The van der Waals surface area contributed by atoms with Gasteiger partial charge in [-0.1, -0.05) is 0 Å². The Labute approximate surface area is 91.8 Å². The standard InChI is InChI=1S/C12H20O3/c1-3-5-6-11(13)12(15-4-2)7-9-14-10-8-12/h11,13H,4,6-10H2,1-2H3. The van der Waals surface area contributed by atoms with Crippen molar-refractivity contribution >= 4 is 0 Å². The van der Waals surface area contributed by atoms with Crippen LogP contribution in [-0.2, 0) is 9.47 Å². The van der Waals surface area contributed by atoms with Crippen molar-refractivity contribution in [3.05, 3.63) is 0 Å². The number of ether oxygens (including phenoxy) is 2. The second-order valence-electron chi connectivity index (χ2n) is 3.76. The Balaban J connectivity index is 2.63. The van der Waals surface area contributed by atoms with Crippen molar-refractivity contribution in [2.45, 2.75) is 44.8 Å². The van der Waals surface area contributed by atoms with Gasteiger partial charge in [0.15, 0.2) is 0 Å². The molecule has 0 amide bonds. The Morgan fingerprint density at radius 1 is 1.47 bits per heavy atom. The van der Waals surface area contributed by atoms with Crippen molar-refractivity contribution in [2.24, 2.45) is 0 Å². The largest absolute Gasteiger partial charge is 0.389 e. The smallest absolute Gasteiger partial charge is 0.0993 e. The van der Waals surface area contributed by atoms with Crippen molar-refractivity contribution in [1.29, 1.82) is 0 Å². The summed E-state index contributed by atoms with van der Waals surface area (Å²) in [6.45, 7) is 5.68. The SMILES string of the molecule is CC#CCC(O)C1(OCC)CCOCC1. The third kappa shape index (κ3) is 3.20. The van der Waals surface area contributed by atoms with Crippen molar-refractivity contribution < 1.29 is 14.6 Å². The van der Waals surface area contributed by atoms with Gasteiger partial charge in [-0.15, -0.1) is 11.8 Å². The van der Waals surface area contributed by atoms with E-state index in [2.05, 4.69) is 11.8 Å². The van der Waals surface area contributed by atoms with E-state index in [-0.39, 0.29) is 0 Å². The van der Waals surface area contributed by atoms with E-state index < -0.39 is 11.7 Å². The molecule has 0 bridgehead atoms. The summed E-state index contributed by atoms with van der Waals surface area (Å²) in [6.07, 6.45) is 1.49. The highest BCUT2D eigenvalue weighted by Crippen LogP contribution is 2.30. The molecule has 1 heterocycles. The lowest BCUT2D eigenvalue weighted by Crippen LogP contribution is -2.49. The maximum absolute atomic E-state index is 10.1. The molecule has 1 unspecified atom stereocenters. The quantitative estimate of drug-likeness (QED) is 0.715. The summed E-state index contributed by atoms with van der Waals surface area (Å²) >= 11 is 0. The van der Waals surface area contributed by atoms with Crippen molar-refractivity contribution in [3.63, 3.8) is 0 Å². The van der Waals surface area contributed by atoms with Crippen LogP contribution in [0.4, 0.5) is 0 Å². The molecule has 3 nitrogen and oxygen atoms in total. The second-order valence-corrected chi connectivity index (χ2v) is 3.76. The van der Waals surface area contributed by atoms with Gasteiger partial charge in [0.2, 0.25) is 0 Å². The van der Waals surface area contributed by atoms with Crippen LogP contribution in [0.15, 0.2) is 0 Å². The molecular weight excluding hydrogens is 192 g/mol. The zero-order valence-corrected chi connectivity index (χ0v) is 9.58. The number of aliphatic hydroxyl groups is 1. The third-order valence-corrected chi connectivity index (χ3v) is 2.85. The van der Waals surface area contributed by atoms with Crippen LogP contribution >= 0.6 is 0 Å². The molecule has 1 aliphatic heterocycles. The van der Waals surface area contributed by atoms with E-state index in [1.165, 1.54) is 0 Å². The Morgan fingerprint density at radius 3 is 2.67 bits per heavy atom. The molecule has 15 heavy (non-hydrogen) atoms. The first-order valence-electron chi connectivity index (χ1n) is 5.54. The maximum atomic E-state index is 10.1. The van der Waals surface area contributed by atoms with Crippen LogP contribution in [0.25, 0.3) is 0 Å².